The fourth-order valence-corrected chi connectivity index (χ4v) is 4.25. The van der Waals surface area contributed by atoms with Gasteiger partial charge in [-0.05, 0) is 38.2 Å². The summed E-state index contributed by atoms with van der Waals surface area (Å²) in [6.45, 7) is 4.09. The minimum Gasteiger partial charge on any atom is -0.481 e. The van der Waals surface area contributed by atoms with Crippen molar-refractivity contribution >= 4 is 17.7 Å². The van der Waals surface area contributed by atoms with Crippen molar-refractivity contribution in [2.24, 2.45) is 11.3 Å². The number of nitrogens with one attached hydrogen (secondary N) is 1. The maximum atomic E-state index is 12.6. The first kappa shape index (κ1) is 18.2. The molecule has 0 spiro atoms. The third-order valence-corrected chi connectivity index (χ3v) is 5.85. The third kappa shape index (κ3) is 3.00. The lowest BCUT2D eigenvalue weighted by Crippen LogP contribution is -2.42. The summed E-state index contributed by atoms with van der Waals surface area (Å²) >= 11 is 0. The van der Waals surface area contributed by atoms with Crippen molar-refractivity contribution in [3.8, 4) is 0 Å². The predicted octanol–water partition coefficient (Wildman–Crippen LogP) is 2.86. The average Bonchev–Trinajstić information content (AvgIpc) is 3.13. The van der Waals surface area contributed by atoms with Gasteiger partial charge in [0.05, 0.1) is 16.4 Å². The number of nitrogens with zero attached hydrogens (tertiary/aromatic N) is 2. The number of carboxylic acids is 1. The van der Waals surface area contributed by atoms with E-state index in [0.717, 1.165) is 12.8 Å². The number of carbonyl (C=O) groups is 2. The summed E-state index contributed by atoms with van der Waals surface area (Å²) in [5.74, 6) is -0.820. The van der Waals surface area contributed by atoms with E-state index in [1.807, 2.05) is 0 Å². The number of aryl methyl sites for hydroxylation is 1. The monoisotopic (exact) mass is 361 g/mol. The molecule has 1 aliphatic carbocycles. The zero-order valence-electron chi connectivity index (χ0n) is 14.9. The highest BCUT2D eigenvalue weighted by molar-refractivity contribution is 5.80. The molecule has 1 saturated heterocycles. The molecule has 0 aromatic heterocycles. The van der Waals surface area contributed by atoms with Crippen LogP contribution in [0.3, 0.4) is 0 Å². The number of fused-ring (bicyclic) bond motifs is 1. The molecule has 140 valence electrons. The quantitative estimate of drug-likeness (QED) is 0.632. The Bertz CT molecular complexity index is 765. The van der Waals surface area contributed by atoms with Gasteiger partial charge in [-0.1, -0.05) is 18.6 Å². The lowest BCUT2D eigenvalue weighted by Gasteiger charge is -2.24. The van der Waals surface area contributed by atoms with Gasteiger partial charge >= 0.3 is 12.0 Å². The zero-order valence-corrected chi connectivity index (χ0v) is 14.9. The molecule has 1 aromatic rings. The zero-order chi connectivity index (χ0) is 19.1. The molecule has 1 heterocycles. The van der Waals surface area contributed by atoms with E-state index in [4.69, 9.17) is 0 Å². The van der Waals surface area contributed by atoms with Crippen LogP contribution in [-0.4, -0.2) is 40.0 Å². The molecule has 3 atom stereocenters. The van der Waals surface area contributed by atoms with E-state index in [-0.39, 0.29) is 24.2 Å². The highest BCUT2D eigenvalue weighted by Crippen LogP contribution is 2.48. The SMILES string of the molecule is Cc1ccc(C(C)NC(=O)N2C[C@@H]3CCC[C@@]3(C(=O)O)C2)cc1[N+](=O)[O-]. The number of carbonyl (C=O) groups excluding carboxylic acids is 1. The molecule has 1 saturated carbocycles. The largest absolute Gasteiger partial charge is 0.481 e. The van der Waals surface area contributed by atoms with Crippen LogP contribution in [0.25, 0.3) is 0 Å². The van der Waals surface area contributed by atoms with Crippen molar-refractivity contribution in [3.63, 3.8) is 0 Å². The van der Waals surface area contributed by atoms with Crippen molar-refractivity contribution < 1.29 is 19.6 Å². The second-order valence-corrected chi connectivity index (χ2v) is 7.41. The van der Waals surface area contributed by atoms with Crippen molar-refractivity contribution in [2.45, 2.75) is 39.2 Å². The van der Waals surface area contributed by atoms with Crippen LogP contribution in [0.15, 0.2) is 18.2 Å². The highest BCUT2D eigenvalue weighted by atomic mass is 16.6. The Labute approximate surface area is 151 Å². The maximum Gasteiger partial charge on any atom is 0.317 e. The lowest BCUT2D eigenvalue weighted by molar-refractivity contribution is -0.385. The fraction of sp³-hybridized carbons (Fsp3) is 0.556. The van der Waals surface area contributed by atoms with Gasteiger partial charge in [0.25, 0.3) is 5.69 Å². The summed E-state index contributed by atoms with van der Waals surface area (Å²) in [5.41, 5.74) is 0.406. The second-order valence-electron chi connectivity index (χ2n) is 7.41. The first-order chi connectivity index (χ1) is 12.2. The maximum absolute atomic E-state index is 12.6. The Morgan fingerprint density at radius 3 is 2.81 bits per heavy atom. The summed E-state index contributed by atoms with van der Waals surface area (Å²) < 4.78 is 0. The predicted molar refractivity (Wildman–Crippen MR) is 93.8 cm³/mol. The first-order valence-electron chi connectivity index (χ1n) is 8.78. The van der Waals surface area contributed by atoms with Crippen LogP contribution in [0.5, 0.6) is 0 Å². The van der Waals surface area contributed by atoms with Gasteiger partial charge in [0.1, 0.15) is 0 Å². The molecule has 2 amide bonds. The van der Waals surface area contributed by atoms with Gasteiger partial charge < -0.3 is 15.3 Å². The van der Waals surface area contributed by atoms with Crippen LogP contribution in [0, 0.1) is 28.4 Å². The minimum absolute atomic E-state index is 0.00141. The van der Waals surface area contributed by atoms with E-state index in [1.54, 1.807) is 30.9 Å². The van der Waals surface area contributed by atoms with Crippen LogP contribution in [-0.2, 0) is 4.79 Å². The van der Waals surface area contributed by atoms with Crippen molar-refractivity contribution in [2.75, 3.05) is 13.1 Å². The average molecular weight is 361 g/mol. The molecule has 2 fully saturated rings. The number of nitro benzene ring substituents is 1. The Morgan fingerprint density at radius 2 is 2.19 bits per heavy atom. The Balaban J connectivity index is 1.70. The van der Waals surface area contributed by atoms with E-state index in [2.05, 4.69) is 5.32 Å². The Kier molecular flexibility index (Phi) is 4.60. The number of nitro groups is 1. The van der Waals surface area contributed by atoms with Gasteiger partial charge in [0, 0.05) is 24.7 Å². The van der Waals surface area contributed by atoms with Crippen LogP contribution in [0.1, 0.15) is 43.4 Å². The number of hydrogen-bond acceptors (Lipinski definition) is 4. The number of likely N-dealkylation sites (tertiary alicyclic amines) is 1. The third-order valence-electron chi connectivity index (χ3n) is 5.85. The molecule has 0 bridgehead atoms. The molecule has 8 nitrogen and oxygen atoms in total. The Morgan fingerprint density at radius 1 is 1.46 bits per heavy atom. The van der Waals surface area contributed by atoms with Crippen LogP contribution >= 0.6 is 0 Å². The van der Waals surface area contributed by atoms with Crippen LogP contribution < -0.4 is 5.32 Å². The first-order valence-corrected chi connectivity index (χ1v) is 8.78. The number of carboxylic acid groups (broad SMARTS) is 1. The normalized spacial score (nSPS) is 25.6. The molecule has 1 unspecified atom stereocenters. The van der Waals surface area contributed by atoms with Gasteiger partial charge in [-0.25, -0.2) is 4.79 Å². The second kappa shape index (κ2) is 6.59. The van der Waals surface area contributed by atoms with Crippen molar-refractivity contribution in [1.82, 2.24) is 10.2 Å². The van der Waals surface area contributed by atoms with E-state index >= 15 is 0 Å². The molecule has 26 heavy (non-hydrogen) atoms. The van der Waals surface area contributed by atoms with Crippen LogP contribution in [0.2, 0.25) is 0 Å². The van der Waals surface area contributed by atoms with E-state index in [0.29, 0.717) is 24.1 Å². The summed E-state index contributed by atoms with van der Waals surface area (Å²) in [7, 11) is 0. The Hall–Kier alpha value is -2.64. The van der Waals surface area contributed by atoms with Gasteiger partial charge in [-0.15, -0.1) is 0 Å². The highest BCUT2D eigenvalue weighted by Gasteiger charge is 2.55. The standard InChI is InChI=1S/C18H23N3O5/c1-11-5-6-13(8-15(11)21(25)26)12(2)19-17(24)20-9-14-4-3-7-18(14,10-20)16(22)23/h5-6,8,12,14H,3-4,7,9-10H2,1-2H3,(H,19,24)(H,22,23)/t12?,14-,18+/m0/s1. The molecular weight excluding hydrogens is 338 g/mol. The van der Waals surface area contributed by atoms with Gasteiger partial charge in [0.15, 0.2) is 0 Å². The van der Waals surface area contributed by atoms with E-state index < -0.39 is 22.3 Å². The summed E-state index contributed by atoms with van der Waals surface area (Å²) in [4.78, 5) is 36.5. The molecule has 2 aliphatic rings. The smallest absolute Gasteiger partial charge is 0.317 e. The summed E-state index contributed by atoms with van der Waals surface area (Å²) in [6.07, 6.45) is 2.32. The number of rotatable bonds is 4. The molecule has 0 radical (unpaired) electrons. The number of benzene rings is 1. The summed E-state index contributed by atoms with van der Waals surface area (Å²) in [5, 5.41) is 23.6. The fourth-order valence-electron chi connectivity index (χ4n) is 4.25. The number of aliphatic carboxylic acids is 1. The van der Waals surface area contributed by atoms with Crippen LogP contribution in [0.4, 0.5) is 10.5 Å². The van der Waals surface area contributed by atoms with E-state index in [1.165, 1.54) is 6.07 Å². The van der Waals surface area contributed by atoms with Gasteiger partial charge in [-0.3, -0.25) is 14.9 Å². The van der Waals surface area contributed by atoms with Crippen molar-refractivity contribution in [1.29, 1.82) is 0 Å². The molecule has 1 aliphatic heterocycles. The lowest BCUT2D eigenvalue weighted by atomic mass is 9.81. The molecule has 3 rings (SSSR count). The molecular formula is C18H23N3O5. The molecule has 8 heteroatoms. The summed E-state index contributed by atoms with van der Waals surface area (Å²) in [6, 6.07) is 4.15. The molecule has 1 aromatic carbocycles. The number of hydrogen-bond donors (Lipinski definition) is 2. The minimum atomic E-state index is -0.822. The number of amides is 2. The van der Waals surface area contributed by atoms with Gasteiger partial charge in [-0.2, -0.15) is 0 Å². The van der Waals surface area contributed by atoms with E-state index in [9.17, 15) is 24.8 Å². The topological polar surface area (TPSA) is 113 Å². The number of urea groups is 1. The van der Waals surface area contributed by atoms with Gasteiger partial charge in [0.2, 0.25) is 0 Å². The van der Waals surface area contributed by atoms with Crippen molar-refractivity contribution in [3.05, 3.63) is 39.4 Å². The molecule has 2 N–H and O–H groups in total.